The van der Waals surface area contributed by atoms with Gasteiger partial charge in [0, 0.05) is 41.5 Å². The van der Waals surface area contributed by atoms with Crippen molar-refractivity contribution >= 4 is 40.4 Å². The Balaban J connectivity index is 1.31. The molecular formula is C28H32ClN3O2S. The fourth-order valence-corrected chi connectivity index (χ4v) is 5.69. The lowest BCUT2D eigenvalue weighted by Gasteiger charge is -2.31. The summed E-state index contributed by atoms with van der Waals surface area (Å²) in [6.45, 7) is 7.82. The van der Waals surface area contributed by atoms with E-state index in [9.17, 15) is 9.59 Å². The van der Waals surface area contributed by atoms with E-state index in [1.54, 1.807) is 0 Å². The highest BCUT2D eigenvalue weighted by molar-refractivity contribution is 7.10. The van der Waals surface area contributed by atoms with Crippen LogP contribution in [-0.4, -0.2) is 34.8 Å². The van der Waals surface area contributed by atoms with Gasteiger partial charge in [-0.25, -0.2) is 4.98 Å². The number of hydrogen-bond acceptors (Lipinski definition) is 4. The van der Waals surface area contributed by atoms with Crippen molar-refractivity contribution < 1.29 is 9.59 Å². The number of aromatic nitrogens is 1. The van der Waals surface area contributed by atoms with Crippen LogP contribution in [0, 0.1) is 0 Å². The number of benzene rings is 2. The van der Waals surface area contributed by atoms with Gasteiger partial charge in [0.25, 0.3) is 5.91 Å². The minimum absolute atomic E-state index is 0.0735. The number of para-hydroxylation sites is 1. The molecule has 184 valence electrons. The Labute approximate surface area is 216 Å². The third-order valence-electron chi connectivity index (χ3n) is 6.50. The van der Waals surface area contributed by atoms with Crippen LogP contribution in [-0.2, 0) is 16.6 Å². The zero-order chi connectivity index (χ0) is 25.0. The number of anilines is 1. The molecule has 1 saturated heterocycles. The molecule has 0 radical (unpaired) electrons. The molecule has 4 rings (SSSR count). The van der Waals surface area contributed by atoms with Crippen LogP contribution in [0.5, 0.6) is 0 Å². The predicted molar refractivity (Wildman–Crippen MR) is 144 cm³/mol. The Morgan fingerprint density at radius 1 is 1.09 bits per heavy atom. The van der Waals surface area contributed by atoms with Crippen molar-refractivity contribution in [2.24, 2.45) is 0 Å². The Hall–Kier alpha value is -2.70. The van der Waals surface area contributed by atoms with Gasteiger partial charge in [0.1, 0.15) is 5.69 Å². The Morgan fingerprint density at radius 3 is 2.49 bits per heavy atom. The van der Waals surface area contributed by atoms with Crippen molar-refractivity contribution in [2.75, 3.05) is 18.4 Å². The van der Waals surface area contributed by atoms with Crippen molar-refractivity contribution in [3.8, 4) is 0 Å². The van der Waals surface area contributed by atoms with E-state index >= 15 is 0 Å². The van der Waals surface area contributed by atoms with Gasteiger partial charge in [-0.3, -0.25) is 9.59 Å². The molecule has 0 saturated carbocycles. The first kappa shape index (κ1) is 25.4. The quantitative estimate of drug-likeness (QED) is 0.403. The molecule has 0 bridgehead atoms. The molecule has 1 aliphatic heterocycles. The number of rotatable bonds is 6. The molecule has 0 spiro atoms. The summed E-state index contributed by atoms with van der Waals surface area (Å²) in [4.78, 5) is 32.2. The number of aryl methyl sites for hydroxylation is 1. The van der Waals surface area contributed by atoms with E-state index < -0.39 is 0 Å². The topological polar surface area (TPSA) is 62.3 Å². The third-order valence-corrected chi connectivity index (χ3v) is 7.88. The fraction of sp³-hybridized carbons (Fsp3) is 0.393. The molecule has 1 fully saturated rings. The molecule has 35 heavy (non-hydrogen) atoms. The normalized spacial score (nSPS) is 14.7. The van der Waals surface area contributed by atoms with Crippen LogP contribution in [0.15, 0.2) is 53.9 Å². The second-order valence-electron chi connectivity index (χ2n) is 10.1. The number of carbonyl (C=O) groups is 2. The van der Waals surface area contributed by atoms with Crippen LogP contribution in [0.25, 0.3) is 0 Å². The maximum atomic E-state index is 12.9. The molecule has 5 nitrogen and oxygen atoms in total. The molecule has 0 unspecified atom stereocenters. The second kappa shape index (κ2) is 10.9. The lowest BCUT2D eigenvalue weighted by Crippen LogP contribution is -2.38. The van der Waals surface area contributed by atoms with E-state index in [0.29, 0.717) is 36.6 Å². The number of likely N-dealkylation sites (tertiary alicyclic amines) is 1. The summed E-state index contributed by atoms with van der Waals surface area (Å²) >= 11 is 7.75. The largest absolute Gasteiger partial charge is 0.343 e. The first-order chi connectivity index (χ1) is 16.7. The van der Waals surface area contributed by atoms with Gasteiger partial charge in [-0.2, -0.15) is 0 Å². The van der Waals surface area contributed by atoms with E-state index in [1.165, 1.54) is 11.3 Å². The Bertz CT molecular complexity index is 1190. The van der Waals surface area contributed by atoms with Crippen LogP contribution in [0.1, 0.15) is 72.6 Å². The zero-order valence-electron chi connectivity index (χ0n) is 20.5. The summed E-state index contributed by atoms with van der Waals surface area (Å²) in [5.74, 6) is 0.257. The van der Waals surface area contributed by atoms with Crippen molar-refractivity contribution in [1.29, 1.82) is 0 Å². The number of amides is 2. The predicted octanol–water partition coefficient (Wildman–Crippen LogP) is 6.69. The summed E-state index contributed by atoms with van der Waals surface area (Å²) in [5, 5.41) is 6.57. The third kappa shape index (κ3) is 6.30. The molecule has 2 aromatic carbocycles. The average molecular weight is 510 g/mol. The van der Waals surface area contributed by atoms with Gasteiger partial charge in [0.05, 0.1) is 5.01 Å². The zero-order valence-corrected chi connectivity index (χ0v) is 22.1. The van der Waals surface area contributed by atoms with Gasteiger partial charge in [-0.05, 0) is 47.9 Å². The highest BCUT2D eigenvalue weighted by atomic mass is 35.5. The summed E-state index contributed by atoms with van der Waals surface area (Å²) in [7, 11) is 0. The van der Waals surface area contributed by atoms with Crippen LogP contribution >= 0.6 is 22.9 Å². The molecule has 0 aliphatic carbocycles. The monoisotopic (exact) mass is 509 g/mol. The molecule has 1 aromatic heterocycles. The summed E-state index contributed by atoms with van der Waals surface area (Å²) in [6, 6.07) is 15.6. The molecular weight excluding hydrogens is 478 g/mol. The number of halogens is 1. The minimum atomic E-state index is -0.184. The maximum absolute atomic E-state index is 12.9. The molecule has 2 heterocycles. The minimum Gasteiger partial charge on any atom is -0.343 e. The van der Waals surface area contributed by atoms with Crippen LogP contribution in [0.2, 0.25) is 5.02 Å². The van der Waals surface area contributed by atoms with Gasteiger partial charge < -0.3 is 10.2 Å². The smallest absolute Gasteiger partial charge is 0.275 e. The van der Waals surface area contributed by atoms with E-state index in [4.69, 9.17) is 11.6 Å². The van der Waals surface area contributed by atoms with Crippen molar-refractivity contribution in [1.82, 2.24) is 9.88 Å². The summed E-state index contributed by atoms with van der Waals surface area (Å²) in [6.07, 6.45) is 2.84. The van der Waals surface area contributed by atoms with E-state index in [2.05, 4.69) is 31.1 Å². The first-order valence-corrected chi connectivity index (χ1v) is 13.4. The standard InChI is InChI=1S/C28H32ClN3O2S/c1-28(2,3)21-9-5-7-11-23(21)30-26(34)24-18-35-27(31-24)20-14-16-32(17-15-20)25(33)13-12-19-8-4-6-10-22(19)29/h4-11,18,20H,12-17H2,1-3H3,(H,30,34). The summed E-state index contributed by atoms with van der Waals surface area (Å²) < 4.78 is 0. The average Bonchev–Trinajstić information content (AvgIpc) is 3.34. The van der Waals surface area contributed by atoms with Gasteiger partial charge in [0.15, 0.2) is 0 Å². The number of nitrogens with zero attached hydrogens (tertiary/aromatic N) is 2. The lowest BCUT2D eigenvalue weighted by atomic mass is 9.86. The van der Waals surface area contributed by atoms with Gasteiger partial charge in [0.2, 0.25) is 5.91 Å². The van der Waals surface area contributed by atoms with Crippen molar-refractivity contribution in [2.45, 2.75) is 57.8 Å². The number of nitrogens with one attached hydrogen (secondary N) is 1. The number of thiazole rings is 1. The van der Waals surface area contributed by atoms with E-state index in [1.807, 2.05) is 58.8 Å². The Kier molecular flexibility index (Phi) is 7.92. The van der Waals surface area contributed by atoms with Gasteiger partial charge >= 0.3 is 0 Å². The van der Waals surface area contributed by atoms with Crippen molar-refractivity contribution in [3.05, 3.63) is 80.8 Å². The Morgan fingerprint density at radius 2 is 1.77 bits per heavy atom. The first-order valence-electron chi connectivity index (χ1n) is 12.1. The maximum Gasteiger partial charge on any atom is 0.275 e. The molecule has 3 aromatic rings. The molecule has 1 aliphatic rings. The number of hydrogen-bond donors (Lipinski definition) is 1. The van der Waals surface area contributed by atoms with E-state index in [-0.39, 0.29) is 23.1 Å². The molecule has 0 atom stereocenters. The van der Waals surface area contributed by atoms with Crippen LogP contribution in [0.3, 0.4) is 0 Å². The second-order valence-corrected chi connectivity index (χ2v) is 11.4. The number of carbonyl (C=O) groups excluding carboxylic acids is 2. The van der Waals surface area contributed by atoms with Gasteiger partial charge in [-0.1, -0.05) is 68.8 Å². The lowest BCUT2D eigenvalue weighted by molar-refractivity contribution is -0.132. The fourth-order valence-electron chi connectivity index (χ4n) is 4.49. The molecule has 2 amide bonds. The highest BCUT2D eigenvalue weighted by Gasteiger charge is 2.27. The van der Waals surface area contributed by atoms with Crippen LogP contribution < -0.4 is 5.32 Å². The molecule has 1 N–H and O–H groups in total. The molecule has 7 heteroatoms. The summed E-state index contributed by atoms with van der Waals surface area (Å²) in [5.41, 5.74) is 3.30. The SMILES string of the molecule is CC(C)(C)c1ccccc1NC(=O)c1csc(C2CCN(C(=O)CCc3ccccc3Cl)CC2)n1. The highest BCUT2D eigenvalue weighted by Crippen LogP contribution is 2.32. The van der Waals surface area contributed by atoms with Crippen molar-refractivity contribution in [3.63, 3.8) is 0 Å². The van der Waals surface area contributed by atoms with Gasteiger partial charge in [-0.15, -0.1) is 11.3 Å². The van der Waals surface area contributed by atoms with E-state index in [0.717, 1.165) is 34.7 Å². The van der Waals surface area contributed by atoms with Crippen LogP contribution in [0.4, 0.5) is 5.69 Å². The number of piperidine rings is 1.